The van der Waals surface area contributed by atoms with Gasteiger partial charge in [0.05, 0.1) is 23.9 Å². The predicted octanol–water partition coefficient (Wildman–Crippen LogP) is 2.97. The maximum Gasteiger partial charge on any atom is 0.231 e. The van der Waals surface area contributed by atoms with E-state index in [9.17, 15) is 15.8 Å². The van der Waals surface area contributed by atoms with Gasteiger partial charge in [-0.05, 0) is 36.2 Å². The van der Waals surface area contributed by atoms with Crippen molar-refractivity contribution >= 4 is 5.71 Å². The first-order valence-corrected chi connectivity index (χ1v) is 9.72. The minimum Gasteiger partial charge on any atom is -0.454 e. The second kappa shape index (κ2) is 7.24. The van der Waals surface area contributed by atoms with Crippen molar-refractivity contribution in [3.63, 3.8) is 0 Å². The van der Waals surface area contributed by atoms with Crippen molar-refractivity contribution in [2.24, 2.45) is 17.3 Å². The molecule has 1 unspecified atom stereocenters. The van der Waals surface area contributed by atoms with Gasteiger partial charge in [0.2, 0.25) is 6.79 Å². The third-order valence-corrected chi connectivity index (χ3v) is 6.16. The molecule has 1 aromatic rings. The Morgan fingerprint density at radius 2 is 1.97 bits per heavy atom. The molecule has 1 saturated carbocycles. The topological polar surface area (TPSA) is 117 Å². The minimum absolute atomic E-state index is 0.126. The highest BCUT2D eigenvalue weighted by atomic mass is 16.7. The zero-order valence-electron chi connectivity index (χ0n) is 16.2. The van der Waals surface area contributed by atoms with Crippen LogP contribution in [0.2, 0.25) is 0 Å². The molecule has 1 aliphatic carbocycles. The largest absolute Gasteiger partial charge is 0.454 e. The Morgan fingerprint density at radius 1 is 1.21 bits per heavy atom. The van der Waals surface area contributed by atoms with Crippen molar-refractivity contribution in [1.82, 2.24) is 4.90 Å². The maximum atomic E-state index is 10.1. The molecular formula is C22H21N5O2. The molecule has 0 amide bonds. The molecule has 3 atom stereocenters. The summed E-state index contributed by atoms with van der Waals surface area (Å²) in [7, 11) is 0. The fourth-order valence-electron chi connectivity index (χ4n) is 4.85. The molecule has 1 aromatic carbocycles. The summed E-state index contributed by atoms with van der Waals surface area (Å²) in [5.74, 6) is -0.397. The fraction of sp³-hybridized carbons (Fsp3) is 0.455. The van der Waals surface area contributed by atoms with Crippen molar-refractivity contribution in [3.8, 4) is 29.7 Å². The van der Waals surface area contributed by atoms with E-state index in [2.05, 4.69) is 30.0 Å². The number of fused-ring (bicyclic) bond motifs is 2. The summed E-state index contributed by atoms with van der Waals surface area (Å²) in [6.07, 6.45) is 3.01. The highest BCUT2D eigenvalue weighted by Crippen LogP contribution is 2.54. The standard InChI is InChI=1S/C22H21N5O2/c1-2-6-27-7-5-15-16(9-23)21(26)22(11-24,12-25)20(17(15)10-27)14-3-4-18-19(8-14)29-13-28-18/h3-5,8,16-17,20,26H,2,6-7,10,13H2,1H3/t16?,17-,20+/m0/s1. The number of rotatable bonds is 3. The molecule has 7 nitrogen and oxygen atoms in total. The quantitative estimate of drug-likeness (QED) is 0.797. The molecule has 2 heterocycles. The molecule has 0 bridgehead atoms. The molecular weight excluding hydrogens is 366 g/mol. The minimum atomic E-state index is -1.70. The van der Waals surface area contributed by atoms with Gasteiger partial charge in [-0.3, -0.25) is 4.90 Å². The van der Waals surface area contributed by atoms with Gasteiger partial charge in [-0.2, -0.15) is 15.8 Å². The van der Waals surface area contributed by atoms with Crippen molar-refractivity contribution in [3.05, 3.63) is 35.4 Å². The van der Waals surface area contributed by atoms with Crippen LogP contribution in [0.25, 0.3) is 0 Å². The Labute approximate surface area is 169 Å². The third-order valence-electron chi connectivity index (χ3n) is 6.16. The summed E-state index contributed by atoms with van der Waals surface area (Å²) in [6.45, 7) is 4.50. The summed E-state index contributed by atoms with van der Waals surface area (Å²) >= 11 is 0. The van der Waals surface area contributed by atoms with E-state index < -0.39 is 17.3 Å². The molecule has 3 aliphatic rings. The molecule has 4 rings (SSSR count). The number of nitrogens with zero attached hydrogens (tertiary/aromatic N) is 4. The van der Waals surface area contributed by atoms with E-state index in [0.717, 1.165) is 24.1 Å². The first-order valence-electron chi connectivity index (χ1n) is 9.72. The summed E-state index contributed by atoms with van der Waals surface area (Å²) < 4.78 is 10.9. The lowest BCUT2D eigenvalue weighted by Gasteiger charge is -2.47. The van der Waals surface area contributed by atoms with Crippen LogP contribution in [0.3, 0.4) is 0 Å². The monoisotopic (exact) mass is 387 g/mol. The molecule has 1 fully saturated rings. The van der Waals surface area contributed by atoms with Gasteiger partial charge in [-0.15, -0.1) is 0 Å². The van der Waals surface area contributed by atoms with Gasteiger partial charge in [-0.1, -0.05) is 19.1 Å². The SMILES string of the molecule is CCCN1CC=C2C(C#N)C(=N)C(C#N)(C#N)[C@H](c3ccc4c(c3)OCO4)[C@H]2C1. The van der Waals surface area contributed by atoms with Crippen LogP contribution in [0, 0.1) is 56.7 Å². The maximum absolute atomic E-state index is 10.1. The van der Waals surface area contributed by atoms with E-state index in [1.54, 1.807) is 6.07 Å². The fourth-order valence-corrected chi connectivity index (χ4v) is 4.85. The molecule has 1 N–H and O–H groups in total. The lowest BCUT2D eigenvalue weighted by atomic mass is 9.54. The first kappa shape index (κ1) is 19.0. The summed E-state index contributed by atoms with van der Waals surface area (Å²) in [5, 5.41) is 38.6. The highest BCUT2D eigenvalue weighted by Gasteiger charge is 2.57. The average Bonchev–Trinajstić information content (AvgIpc) is 3.21. The molecule has 0 spiro atoms. The molecule has 7 heteroatoms. The third kappa shape index (κ3) is 2.77. The van der Waals surface area contributed by atoms with Gasteiger partial charge in [0, 0.05) is 24.9 Å². The smallest absolute Gasteiger partial charge is 0.231 e. The Kier molecular flexibility index (Phi) is 4.74. The van der Waals surface area contributed by atoms with E-state index >= 15 is 0 Å². The van der Waals surface area contributed by atoms with Crippen LogP contribution in [0.1, 0.15) is 24.8 Å². The Morgan fingerprint density at radius 3 is 2.66 bits per heavy atom. The van der Waals surface area contributed by atoms with E-state index in [4.69, 9.17) is 14.9 Å². The van der Waals surface area contributed by atoms with Crippen LogP contribution >= 0.6 is 0 Å². The predicted molar refractivity (Wildman–Crippen MR) is 104 cm³/mol. The van der Waals surface area contributed by atoms with E-state index in [1.165, 1.54) is 0 Å². The van der Waals surface area contributed by atoms with Gasteiger partial charge >= 0.3 is 0 Å². The molecule has 0 saturated heterocycles. The second-order valence-corrected chi connectivity index (χ2v) is 7.67. The highest BCUT2D eigenvalue weighted by molar-refractivity contribution is 6.00. The zero-order valence-corrected chi connectivity index (χ0v) is 16.2. The van der Waals surface area contributed by atoms with Crippen LogP contribution < -0.4 is 9.47 Å². The van der Waals surface area contributed by atoms with Crippen molar-refractivity contribution in [2.45, 2.75) is 19.3 Å². The molecule has 146 valence electrons. The Balaban J connectivity index is 1.89. The van der Waals surface area contributed by atoms with Gasteiger partial charge < -0.3 is 14.9 Å². The lowest BCUT2D eigenvalue weighted by Crippen LogP contribution is -2.52. The molecule has 0 aromatic heterocycles. The second-order valence-electron chi connectivity index (χ2n) is 7.67. The number of nitriles is 3. The summed E-state index contributed by atoms with van der Waals surface area (Å²) in [4.78, 5) is 2.27. The first-order chi connectivity index (χ1) is 14.1. The number of benzene rings is 1. The van der Waals surface area contributed by atoms with Crippen molar-refractivity contribution < 1.29 is 9.47 Å². The van der Waals surface area contributed by atoms with Crippen LogP contribution in [0.5, 0.6) is 11.5 Å². The molecule has 29 heavy (non-hydrogen) atoms. The number of nitrogens with one attached hydrogen (secondary N) is 1. The zero-order chi connectivity index (χ0) is 20.6. The van der Waals surface area contributed by atoms with Crippen LogP contribution in [0.4, 0.5) is 0 Å². The number of ether oxygens (including phenoxy) is 2. The summed E-state index contributed by atoms with van der Waals surface area (Å²) in [6, 6.07) is 11.9. The molecule has 2 aliphatic heterocycles. The average molecular weight is 387 g/mol. The van der Waals surface area contributed by atoms with E-state index in [0.29, 0.717) is 24.6 Å². The molecule has 0 radical (unpaired) electrons. The van der Waals surface area contributed by atoms with E-state index in [1.807, 2.05) is 18.2 Å². The summed E-state index contributed by atoms with van der Waals surface area (Å²) in [5.41, 5.74) is -0.216. The Bertz CT molecular complexity index is 995. The Hall–Kier alpha value is -3.34. The number of hydrogen-bond acceptors (Lipinski definition) is 7. The van der Waals surface area contributed by atoms with E-state index in [-0.39, 0.29) is 18.4 Å². The van der Waals surface area contributed by atoms with Gasteiger partial charge in [-0.25, -0.2) is 0 Å². The van der Waals surface area contributed by atoms with Crippen LogP contribution in [-0.2, 0) is 0 Å². The van der Waals surface area contributed by atoms with Gasteiger partial charge in [0.25, 0.3) is 0 Å². The number of hydrogen-bond donors (Lipinski definition) is 1. The normalized spacial score (nSPS) is 27.2. The van der Waals surface area contributed by atoms with Crippen molar-refractivity contribution in [1.29, 1.82) is 21.2 Å². The van der Waals surface area contributed by atoms with Crippen LogP contribution in [0.15, 0.2) is 29.8 Å². The lowest BCUT2D eigenvalue weighted by molar-refractivity contribution is 0.173. The van der Waals surface area contributed by atoms with Gasteiger partial charge in [0.1, 0.15) is 5.92 Å². The van der Waals surface area contributed by atoms with Crippen LogP contribution in [-0.4, -0.2) is 37.0 Å². The van der Waals surface area contributed by atoms with Gasteiger partial charge in [0.15, 0.2) is 16.9 Å². The van der Waals surface area contributed by atoms with Crippen molar-refractivity contribution in [2.75, 3.05) is 26.4 Å².